The van der Waals surface area contributed by atoms with E-state index < -0.39 is 17.7 Å². The maximum absolute atomic E-state index is 13.3. The van der Waals surface area contributed by atoms with Gasteiger partial charge in [-0.1, -0.05) is 43.2 Å². The molecule has 1 atom stereocenters. The van der Waals surface area contributed by atoms with Gasteiger partial charge < -0.3 is 19.5 Å². The molecule has 0 radical (unpaired) electrons. The summed E-state index contributed by atoms with van der Waals surface area (Å²) >= 11 is 0. The third-order valence-electron chi connectivity index (χ3n) is 6.35. The molecule has 6 heteroatoms. The van der Waals surface area contributed by atoms with Crippen LogP contribution in [0.3, 0.4) is 0 Å². The topological polar surface area (TPSA) is 76.1 Å². The molecule has 4 rings (SSSR count). The van der Waals surface area contributed by atoms with E-state index in [2.05, 4.69) is 0 Å². The van der Waals surface area contributed by atoms with Gasteiger partial charge in [0.1, 0.15) is 22.8 Å². The van der Waals surface area contributed by atoms with Gasteiger partial charge in [-0.05, 0) is 43.0 Å². The first-order valence-corrected chi connectivity index (χ1v) is 10.6. The van der Waals surface area contributed by atoms with Gasteiger partial charge in [-0.3, -0.25) is 9.59 Å². The molecule has 0 aromatic heterocycles. The molecule has 1 aliphatic carbocycles. The monoisotopic (exact) mass is 421 g/mol. The number of hydrogen-bond acceptors (Lipinski definition) is 5. The van der Waals surface area contributed by atoms with Crippen LogP contribution in [-0.2, 0) is 9.59 Å². The fourth-order valence-electron chi connectivity index (χ4n) is 4.83. The summed E-state index contributed by atoms with van der Waals surface area (Å²) in [6.07, 6.45) is 3.75. The van der Waals surface area contributed by atoms with Gasteiger partial charge in [-0.25, -0.2) is 0 Å². The van der Waals surface area contributed by atoms with Crippen LogP contribution < -0.4 is 9.47 Å². The fourth-order valence-corrected chi connectivity index (χ4v) is 4.83. The predicted molar refractivity (Wildman–Crippen MR) is 117 cm³/mol. The third-order valence-corrected chi connectivity index (χ3v) is 6.35. The van der Waals surface area contributed by atoms with Gasteiger partial charge in [-0.2, -0.15) is 0 Å². The van der Waals surface area contributed by atoms with E-state index in [1.165, 1.54) is 14.2 Å². The second kappa shape index (κ2) is 8.46. The minimum Gasteiger partial charge on any atom is -0.506 e. The number of hydrogen-bond donors (Lipinski definition) is 1. The third kappa shape index (κ3) is 3.46. The maximum atomic E-state index is 13.3. The largest absolute Gasteiger partial charge is 0.506 e. The Labute approximate surface area is 182 Å². The summed E-state index contributed by atoms with van der Waals surface area (Å²) in [5.74, 6) is -0.775. The molecule has 0 spiro atoms. The van der Waals surface area contributed by atoms with Gasteiger partial charge in [0.15, 0.2) is 0 Å². The molecule has 2 aliphatic rings. The van der Waals surface area contributed by atoms with E-state index in [9.17, 15) is 14.7 Å². The number of carbonyl (C=O) groups excluding carboxylic acids is 2. The number of nitrogens with zero attached hydrogens (tertiary/aromatic N) is 1. The van der Waals surface area contributed by atoms with Crippen LogP contribution in [0.1, 0.15) is 48.4 Å². The van der Waals surface area contributed by atoms with Crippen LogP contribution in [0.4, 0.5) is 0 Å². The van der Waals surface area contributed by atoms with Crippen LogP contribution >= 0.6 is 0 Å². The summed E-state index contributed by atoms with van der Waals surface area (Å²) in [7, 11) is 2.98. The zero-order valence-corrected chi connectivity index (χ0v) is 18.1. The highest BCUT2D eigenvalue weighted by Crippen LogP contribution is 2.46. The average Bonchev–Trinajstić information content (AvgIpc) is 3.40. The minimum atomic E-state index is -0.675. The fraction of sp³-hybridized carbons (Fsp3) is 0.360. The number of ether oxygens (including phenoxy) is 2. The van der Waals surface area contributed by atoms with Crippen LogP contribution in [-0.4, -0.2) is 42.0 Å². The van der Waals surface area contributed by atoms with Gasteiger partial charge in [0.2, 0.25) is 0 Å². The Bertz CT molecular complexity index is 1030. The Morgan fingerprint density at radius 1 is 0.968 bits per heavy atom. The summed E-state index contributed by atoms with van der Waals surface area (Å²) in [6, 6.07) is 12.1. The molecule has 1 amide bonds. The lowest BCUT2D eigenvalue weighted by Crippen LogP contribution is -2.37. The zero-order chi connectivity index (χ0) is 22.1. The van der Waals surface area contributed by atoms with Crippen molar-refractivity contribution in [1.29, 1.82) is 0 Å². The highest BCUT2D eigenvalue weighted by Gasteiger charge is 2.49. The number of aliphatic hydroxyl groups excluding tert-OH is 1. The molecule has 0 bridgehead atoms. The van der Waals surface area contributed by atoms with E-state index in [1.54, 1.807) is 23.1 Å². The van der Waals surface area contributed by atoms with Crippen LogP contribution in [0.2, 0.25) is 0 Å². The van der Waals surface area contributed by atoms with Crippen LogP contribution in [0.5, 0.6) is 11.5 Å². The van der Waals surface area contributed by atoms with Gasteiger partial charge >= 0.3 is 0 Å². The lowest BCUT2D eigenvalue weighted by Gasteiger charge is -2.31. The highest BCUT2D eigenvalue weighted by molar-refractivity contribution is 6.46. The summed E-state index contributed by atoms with van der Waals surface area (Å²) in [4.78, 5) is 28.2. The quantitative estimate of drug-likeness (QED) is 0.441. The molecule has 6 nitrogen and oxygen atoms in total. The van der Waals surface area contributed by atoms with Crippen molar-refractivity contribution in [3.8, 4) is 11.5 Å². The van der Waals surface area contributed by atoms with Crippen LogP contribution in [0.15, 0.2) is 48.0 Å². The molecule has 162 valence electrons. The lowest BCUT2D eigenvalue weighted by atomic mass is 9.91. The van der Waals surface area contributed by atoms with Gasteiger partial charge in [0.25, 0.3) is 11.7 Å². The molecule has 31 heavy (non-hydrogen) atoms. The highest BCUT2D eigenvalue weighted by atomic mass is 16.5. The molecule has 2 aromatic rings. The summed E-state index contributed by atoms with van der Waals surface area (Å²) < 4.78 is 10.9. The van der Waals surface area contributed by atoms with E-state index in [4.69, 9.17) is 9.47 Å². The molecule has 1 heterocycles. The van der Waals surface area contributed by atoms with Gasteiger partial charge in [0.05, 0.1) is 25.8 Å². The Balaban J connectivity index is 1.98. The van der Waals surface area contributed by atoms with Crippen molar-refractivity contribution in [2.45, 2.75) is 44.7 Å². The average molecular weight is 421 g/mol. The second-order valence-corrected chi connectivity index (χ2v) is 8.04. The molecular weight excluding hydrogens is 394 g/mol. The summed E-state index contributed by atoms with van der Waals surface area (Å²) in [5, 5.41) is 11.4. The summed E-state index contributed by atoms with van der Waals surface area (Å²) in [5.41, 5.74) is 2.14. The maximum Gasteiger partial charge on any atom is 0.295 e. The first-order chi connectivity index (χ1) is 15.0. The Morgan fingerprint density at radius 2 is 1.58 bits per heavy atom. The second-order valence-electron chi connectivity index (χ2n) is 8.04. The van der Waals surface area contributed by atoms with Gasteiger partial charge in [-0.15, -0.1) is 0 Å². The van der Waals surface area contributed by atoms with E-state index in [0.29, 0.717) is 11.5 Å². The zero-order valence-electron chi connectivity index (χ0n) is 18.1. The molecule has 1 aliphatic heterocycles. The number of rotatable bonds is 5. The first kappa shape index (κ1) is 21.0. The first-order valence-electron chi connectivity index (χ1n) is 10.6. The Kier molecular flexibility index (Phi) is 5.72. The summed E-state index contributed by atoms with van der Waals surface area (Å²) in [6.45, 7) is 1.95. The molecule has 2 fully saturated rings. The van der Waals surface area contributed by atoms with Crippen molar-refractivity contribution >= 4 is 17.4 Å². The molecular formula is C25H27NO5. The predicted octanol–water partition coefficient (Wildman–Crippen LogP) is 4.38. The Morgan fingerprint density at radius 3 is 2.16 bits per heavy atom. The molecule has 1 saturated heterocycles. The number of Topliss-reactive ketones (excluding diaryl/α,β-unsaturated/α-hetero) is 1. The lowest BCUT2D eigenvalue weighted by molar-refractivity contribution is -0.141. The van der Waals surface area contributed by atoms with Crippen molar-refractivity contribution in [1.82, 2.24) is 4.90 Å². The molecule has 1 N–H and O–H groups in total. The van der Waals surface area contributed by atoms with E-state index in [-0.39, 0.29) is 22.9 Å². The minimum absolute atomic E-state index is 0.0223. The SMILES string of the molecule is COc1cccc(OC)c1/C(O)=C1\C(=O)C(=O)N(C2CCCC2)C1c1ccccc1C. The van der Waals surface area contributed by atoms with Crippen molar-refractivity contribution in [3.05, 3.63) is 64.7 Å². The van der Waals surface area contributed by atoms with Crippen molar-refractivity contribution in [2.75, 3.05) is 14.2 Å². The van der Waals surface area contributed by atoms with Crippen molar-refractivity contribution < 1.29 is 24.2 Å². The van der Waals surface area contributed by atoms with E-state index in [0.717, 1.165) is 36.8 Å². The number of methoxy groups -OCH3 is 2. The smallest absolute Gasteiger partial charge is 0.295 e. The molecule has 2 aromatic carbocycles. The number of aryl methyl sites for hydroxylation is 1. The number of amides is 1. The van der Waals surface area contributed by atoms with Crippen LogP contribution in [0.25, 0.3) is 5.76 Å². The Hall–Kier alpha value is -3.28. The number of ketones is 1. The van der Waals surface area contributed by atoms with Crippen molar-refractivity contribution in [3.63, 3.8) is 0 Å². The number of carbonyl (C=O) groups is 2. The number of aliphatic hydroxyl groups is 1. The van der Waals surface area contributed by atoms with Gasteiger partial charge in [0, 0.05) is 6.04 Å². The number of benzene rings is 2. The van der Waals surface area contributed by atoms with Crippen molar-refractivity contribution in [2.24, 2.45) is 0 Å². The molecule has 1 saturated carbocycles. The molecule has 1 unspecified atom stereocenters. The van der Waals surface area contributed by atoms with E-state index >= 15 is 0 Å². The number of likely N-dealkylation sites (tertiary alicyclic amines) is 1. The van der Waals surface area contributed by atoms with Crippen LogP contribution in [0, 0.1) is 6.92 Å². The standard InChI is InChI=1S/C25H27NO5/c1-15-9-4-7-12-17(15)22-21(24(28)25(29)26(22)16-10-5-6-11-16)23(27)20-18(30-2)13-8-14-19(20)31-3/h4,7-9,12-14,16,22,27H,5-6,10-11H2,1-3H3/b23-21+. The normalized spacial score (nSPS) is 21.0. The van der Waals surface area contributed by atoms with E-state index in [1.807, 2.05) is 31.2 Å².